The Balaban J connectivity index is 1.18. The third kappa shape index (κ3) is 7.56. The van der Waals surface area contributed by atoms with Gasteiger partial charge in [0.05, 0.1) is 5.56 Å². The summed E-state index contributed by atoms with van der Waals surface area (Å²) < 4.78 is 30.3. The minimum atomic E-state index is -0.750. The Labute approximate surface area is 283 Å². The van der Waals surface area contributed by atoms with Gasteiger partial charge in [-0.3, -0.25) is 19.3 Å². The van der Waals surface area contributed by atoms with E-state index in [0.29, 0.717) is 34.5 Å². The smallest absolute Gasteiger partial charge is 0.258 e. The molecule has 6 rings (SSSR count). The molecule has 0 atom stereocenters. The zero-order chi connectivity index (χ0) is 33.8. The lowest BCUT2D eigenvalue weighted by molar-refractivity contribution is 0.0827. The van der Waals surface area contributed by atoms with Crippen molar-refractivity contribution in [2.45, 2.75) is 64.5 Å². The van der Waals surface area contributed by atoms with Crippen LogP contribution in [0.15, 0.2) is 60.7 Å². The molecule has 3 aromatic carbocycles. The van der Waals surface area contributed by atoms with Gasteiger partial charge in [-0.05, 0) is 93.3 Å². The van der Waals surface area contributed by atoms with Crippen molar-refractivity contribution in [2.24, 2.45) is 0 Å². The summed E-state index contributed by atoms with van der Waals surface area (Å²) in [5.41, 5.74) is 4.07. The average molecular weight is 671 g/mol. The van der Waals surface area contributed by atoms with Crippen molar-refractivity contribution >= 4 is 40.1 Å². The molecule has 10 heteroatoms. The van der Waals surface area contributed by atoms with Gasteiger partial charge in [0.1, 0.15) is 22.9 Å². The van der Waals surface area contributed by atoms with Gasteiger partial charge in [0.25, 0.3) is 11.8 Å². The van der Waals surface area contributed by atoms with E-state index in [-0.39, 0.29) is 29.1 Å². The van der Waals surface area contributed by atoms with Crippen LogP contribution >= 0.6 is 11.3 Å². The monoisotopic (exact) mass is 670 g/mol. The Hall–Kier alpha value is -4.25. The number of carbonyl (C=O) groups excluding carboxylic acids is 3. The topological polar surface area (TPSA) is 90.5 Å². The number of hydrogen-bond donors (Lipinski definition) is 3. The summed E-state index contributed by atoms with van der Waals surface area (Å²) in [6.45, 7) is 7.85. The number of carbonyl (C=O) groups is 3. The lowest BCUT2D eigenvalue weighted by Gasteiger charge is -2.43. The fourth-order valence-electron chi connectivity index (χ4n) is 6.56. The summed E-state index contributed by atoms with van der Waals surface area (Å²) in [5.74, 6) is -2.33. The van der Waals surface area contributed by atoms with Crippen molar-refractivity contribution in [3.63, 3.8) is 0 Å². The molecule has 2 aliphatic rings. The minimum absolute atomic E-state index is 0.00524. The van der Waals surface area contributed by atoms with E-state index in [1.54, 1.807) is 30.3 Å². The molecule has 250 valence electrons. The number of piperazine rings is 1. The number of nitrogens with one attached hydrogen (secondary N) is 3. The van der Waals surface area contributed by atoms with Crippen LogP contribution in [0.3, 0.4) is 0 Å². The van der Waals surface area contributed by atoms with Crippen molar-refractivity contribution in [2.75, 3.05) is 30.3 Å². The molecule has 0 radical (unpaired) electrons. The molecule has 0 bridgehead atoms. The van der Waals surface area contributed by atoms with Crippen molar-refractivity contribution in [3.05, 3.63) is 116 Å². The maximum atomic E-state index is 15.2. The molecule has 3 N–H and O–H groups in total. The lowest BCUT2D eigenvalue weighted by atomic mass is 9.95. The summed E-state index contributed by atoms with van der Waals surface area (Å²) in [5, 5.41) is 9.57. The molecule has 4 aromatic rings. The highest BCUT2D eigenvalue weighted by atomic mass is 32.1. The third-order valence-corrected chi connectivity index (χ3v) is 10.5. The van der Waals surface area contributed by atoms with Gasteiger partial charge in [-0.15, -0.1) is 11.3 Å². The van der Waals surface area contributed by atoms with Crippen molar-refractivity contribution < 1.29 is 23.2 Å². The van der Waals surface area contributed by atoms with Crippen molar-refractivity contribution in [1.82, 2.24) is 10.2 Å². The fourth-order valence-corrected chi connectivity index (χ4v) is 7.84. The van der Waals surface area contributed by atoms with Crippen LogP contribution in [0.5, 0.6) is 0 Å². The highest BCUT2D eigenvalue weighted by Gasteiger charge is 2.30. The summed E-state index contributed by atoms with van der Waals surface area (Å²) in [6.07, 6.45) is 4.66. The highest BCUT2D eigenvalue weighted by Crippen LogP contribution is 2.39. The van der Waals surface area contributed by atoms with Crippen LogP contribution in [-0.4, -0.2) is 48.2 Å². The second-order valence-electron chi connectivity index (χ2n) is 13.2. The standard InChI is InChI=1S/C38H40F2N4O3S/c1-38(2)23-41-16-17-44(38)21-26-6-5-7-27(18-26)35(46)43-37-34(30-8-3-4-9-33(30)48-37)36(47)42-28-19-31(39)29(32(40)20-28)15-14-24-10-12-25(22-45)13-11-24/h5-7,10-13,18-20,22,41H,3-4,8-9,14-17,21,23H2,1-2H3,(H,42,47)(H,43,46). The molecule has 1 aliphatic carbocycles. The summed E-state index contributed by atoms with van der Waals surface area (Å²) >= 11 is 1.40. The third-order valence-electron chi connectivity index (χ3n) is 9.34. The van der Waals surface area contributed by atoms with Gasteiger partial charge in [0.15, 0.2) is 0 Å². The molecule has 7 nitrogen and oxygen atoms in total. The number of anilines is 2. The molecule has 0 saturated carbocycles. The Bertz CT molecular complexity index is 1810. The molecule has 1 aliphatic heterocycles. The second-order valence-corrected chi connectivity index (χ2v) is 14.3. The number of fused-ring (bicyclic) bond motifs is 1. The van der Waals surface area contributed by atoms with E-state index in [1.807, 2.05) is 18.2 Å². The van der Waals surface area contributed by atoms with Gasteiger partial charge in [-0.1, -0.05) is 36.4 Å². The fraction of sp³-hybridized carbons (Fsp3) is 0.342. The van der Waals surface area contributed by atoms with Gasteiger partial charge in [0, 0.05) is 59.0 Å². The minimum Gasteiger partial charge on any atom is -0.322 e. The maximum absolute atomic E-state index is 15.2. The second kappa shape index (κ2) is 14.5. The van der Waals surface area contributed by atoms with Gasteiger partial charge < -0.3 is 16.0 Å². The number of amides is 2. The molecular weight excluding hydrogens is 631 g/mol. The van der Waals surface area contributed by atoms with Crippen LogP contribution < -0.4 is 16.0 Å². The van der Waals surface area contributed by atoms with Gasteiger partial charge in [0.2, 0.25) is 0 Å². The molecule has 0 unspecified atom stereocenters. The molecule has 0 spiro atoms. The van der Waals surface area contributed by atoms with Gasteiger partial charge in [-0.25, -0.2) is 8.78 Å². The number of benzene rings is 3. The van der Waals surface area contributed by atoms with Crippen molar-refractivity contribution in [1.29, 1.82) is 0 Å². The molecular formula is C38H40F2N4O3S. The number of hydrogen-bond acceptors (Lipinski definition) is 6. The van der Waals surface area contributed by atoms with E-state index in [2.05, 4.69) is 34.7 Å². The van der Waals surface area contributed by atoms with E-state index < -0.39 is 17.5 Å². The first-order chi connectivity index (χ1) is 23.1. The van der Waals surface area contributed by atoms with Crippen molar-refractivity contribution in [3.8, 4) is 0 Å². The molecule has 48 heavy (non-hydrogen) atoms. The average Bonchev–Trinajstić information content (AvgIpc) is 3.43. The first-order valence-corrected chi connectivity index (χ1v) is 17.3. The maximum Gasteiger partial charge on any atom is 0.258 e. The molecule has 1 saturated heterocycles. The quantitative estimate of drug-likeness (QED) is 0.156. The van der Waals surface area contributed by atoms with Gasteiger partial charge in [-0.2, -0.15) is 0 Å². The van der Waals surface area contributed by atoms with Gasteiger partial charge >= 0.3 is 0 Å². The normalized spacial score (nSPS) is 15.8. The lowest BCUT2D eigenvalue weighted by Crippen LogP contribution is -2.57. The number of aldehydes is 1. The van der Waals surface area contributed by atoms with E-state index in [1.165, 1.54) is 11.3 Å². The van der Waals surface area contributed by atoms with Crippen LogP contribution in [0.2, 0.25) is 0 Å². The zero-order valence-electron chi connectivity index (χ0n) is 27.3. The summed E-state index contributed by atoms with van der Waals surface area (Å²) in [4.78, 5) is 41.7. The Morgan fingerprint density at radius 3 is 2.42 bits per heavy atom. The van der Waals surface area contributed by atoms with Crippen LogP contribution in [0.4, 0.5) is 19.5 Å². The predicted octanol–water partition coefficient (Wildman–Crippen LogP) is 7.19. The largest absolute Gasteiger partial charge is 0.322 e. The zero-order valence-corrected chi connectivity index (χ0v) is 28.1. The number of rotatable bonds is 10. The molecule has 1 fully saturated rings. The Morgan fingerprint density at radius 1 is 0.938 bits per heavy atom. The summed E-state index contributed by atoms with van der Waals surface area (Å²) in [7, 11) is 0. The van der Waals surface area contributed by atoms with Crippen LogP contribution in [0.1, 0.15) is 84.9 Å². The number of thiophene rings is 1. The highest BCUT2D eigenvalue weighted by molar-refractivity contribution is 7.17. The predicted molar refractivity (Wildman–Crippen MR) is 186 cm³/mol. The number of aryl methyl sites for hydroxylation is 2. The van der Waals surface area contributed by atoms with E-state index >= 15 is 8.78 Å². The van der Waals surface area contributed by atoms with E-state index in [9.17, 15) is 14.4 Å². The van der Waals surface area contributed by atoms with E-state index in [0.717, 1.165) is 85.4 Å². The SMILES string of the molecule is CC1(C)CNCCN1Cc1cccc(C(=O)Nc2sc3c(c2C(=O)Nc2cc(F)c(CCc4ccc(C=O)cc4)c(F)c2)CCCC3)c1. The number of halogens is 2. The first-order valence-electron chi connectivity index (χ1n) is 16.5. The first kappa shape index (κ1) is 33.6. The summed E-state index contributed by atoms with van der Waals surface area (Å²) in [6, 6.07) is 16.7. The molecule has 1 aromatic heterocycles. The van der Waals surface area contributed by atoms with Crippen LogP contribution in [0.25, 0.3) is 0 Å². The molecule has 2 heterocycles. The van der Waals surface area contributed by atoms with Crippen LogP contribution in [0, 0.1) is 11.6 Å². The number of nitrogens with zero attached hydrogens (tertiary/aromatic N) is 1. The Kier molecular flexibility index (Phi) is 10.1. The Morgan fingerprint density at radius 2 is 1.69 bits per heavy atom. The van der Waals surface area contributed by atoms with E-state index in [4.69, 9.17) is 0 Å². The molecule has 2 amide bonds. The van der Waals surface area contributed by atoms with Crippen LogP contribution in [-0.2, 0) is 32.2 Å².